The summed E-state index contributed by atoms with van der Waals surface area (Å²) in [5, 5.41) is 20.4. The summed E-state index contributed by atoms with van der Waals surface area (Å²) < 4.78 is 16.4. The number of ether oxygens (including phenoxy) is 2. The van der Waals surface area contributed by atoms with E-state index in [2.05, 4.69) is 0 Å². The number of rotatable bonds is 5. The molecule has 0 unspecified atom stereocenters. The monoisotopic (exact) mass is 368 g/mol. The Balaban J connectivity index is 2.11. The number of aromatic hydroxyl groups is 2. The van der Waals surface area contributed by atoms with E-state index in [0.717, 1.165) is 5.57 Å². The van der Waals surface area contributed by atoms with Gasteiger partial charge in [0.15, 0.2) is 5.76 Å². The van der Waals surface area contributed by atoms with Crippen molar-refractivity contribution in [3.8, 4) is 34.3 Å². The maximum Gasteiger partial charge on any atom is 0.238 e. The minimum absolute atomic E-state index is 0.0102. The van der Waals surface area contributed by atoms with Gasteiger partial charge in [-0.25, -0.2) is 0 Å². The van der Waals surface area contributed by atoms with E-state index in [1.54, 1.807) is 31.4 Å². The van der Waals surface area contributed by atoms with Gasteiger partial charge in [-0.3, -0.25) is 4.79 Å². The fourth-order valence-electron chi connectivity index (χ4n) is 2.59. The maximum absolute atomic E-state index is 12.5. The molecule has 0 spiro atoms. The summed E-state index contributed by atoms with van der Waals surface area (Å²) in [6.45, 7) is 4.22. The average Bonchev–Trinajstić information content (AvgIpc) is 2.64. The molecule has 0 saturated carbocycles. The predicted octanol–water partition coefficient (Wildman–Crippen LogP) is 4.22. The summed E-state index contributed by atoms with van der Waals surface area (Å²) in [4.78, 5) is 12.5. The topological polar surface area (TPSA) is 89.1 Å². The standard InChI is InChI=1S/C21H20O6/c1-12(2)8-9-26-15-10-16(22)18-17(11-15)27-21(20(24)19(18)23)13-4-6-14(25-3)7-5-13/h4-8,10-11,22,24H,9H2,1-3H3. The van der Waals surface area contributed by atoms with Crippen molar-refractivity contribution in [3.63, 3.8) is 0 Å². The van der Waals surface area contributed by atoms with Gasteiger partial charge >= 0.3 is 0 Å². The third kappa shape index (κ3) is 3.74. The van der Waals surface area contributed by atoms with E-state index < -0.39 is 11.2 Å². The van der Waals surface area contributed by atoms with Crippen molar-refractivity contribution in [2.75, 3.05) is 13.7 Å². The second-order valence-corrected chi connectivity index (χ2v) is 6.25. The van der Waals surface area contributed by atoms with Crippen molar-refractivity contribution in [1.82, 2.24) is 0 Å². The first-order valence-corrected chi connectivity index (χ1v) is 8.34. The normalized spacial score (nSPS) is 10.6. The molecule has 1 aromatic heterocycles. The molecule has 2 aromatic carbocycles. The summed E-state index contributed by atoms with van der Waals surface area (Å²) in [6.07, 6.45) is 1.89. The van der Waals surface area contributed by atoms with E-state index in [0.29, 0.717) is 23.7 Å². The van der Waals surface area contributed by atoms with Crippen LogP contribution in [0.3, 0.4) is 0 Å². The molecule has 0 fully saturated rings. The van der Waals surface area contributed by atoms with Gasteiger partial charge < -0.3 is 24.1 Å². The molecule has 140 valence electrons. The predicted molar refractivity (Wildman–Crippen MR) is 103 cm³/mol. The summed E-state index contributed by atoms with van der Waals surface area (Å²) in [7, 11) is 1.54. The zero-order valence-electron chi connectivity index (χ0n) is 15.3. The third-order valence-corrected chi connectivity index (χ3v) is 4.02. The lowest BCUT2D eigenvalue weighted by Gasteiger charge is -2.10. The Morgan fingerprint density at radius 2 is 1.81 bits per heavy atom. The van der Waals surface area contributed by atoms with E-state index in [1.807, 2.05) is 19.9 Å². The molecule has 2 N–H and O–H groups in total. The molecule has 0 aliphatic heterocycles. The molecular formula is C21H20O6. The zero-order valence-corrected chi connectivity index (χ0v) is 15.3. The zero-order chi connectivity index (χ0) is 19.6. The second kappa shape index (κ2) is 7.45. The molecule has 6 heteroatoms. The van der Waals surface area contributed by atoms with Crippen molar-refractivity contribution in [3.05, 3.63) is 58.3 Å². The van der Waals surface area contributed by atoms with E-state index in [1.165, 1.54) is 12.1 Å². The lowest BCUT2D eigenvalue weighted by atomic mass is 10.1. The number of benzene rings is 2. The Hall–Kier alpha value is -3.41. The molecule has 0 aliphatic carbocycles. The molecule has 3 aromatic rings. The van der Waals surface area contributed by atoms with Crippen LogP contribution in [0.5, 0.6) is 23.0 Å². The van der Waals surface area contributed by atoms with E-state index in [-0.39, 0.29) is 22.5 Å². The minimum Gasteiger partial charge on any atom is -0.507 e. The van der Waals surface area contributed by atoms with Crippen LogP contribution < -0.4 is 14.9 Å². The van der Waals surface area contributed by atoms with Crippen molar-refractivity contribution >= 4 is 11.0 Å². The van der Waals surface area contributed by atoms with Gasteiger partial charge in [-0.2, -0.15) is 0 Å². The van der Waals surface area contributed by atoms with Gasteiger partial charge in [0.1, 0.15) is 34.8 Å². The molecule has 27 heavy (non-hydrogen) atoms. The molecule has 0 aliphatic rings. The lowest BCUT2D eigenvalue weighted by molar-refractivity contribution is 0.358. The fourth-order valence-corrected chi connectivity index (χ4v) is 2.59. The smallest absolute Gasteiger partial charge is 0.238 e. The van der Waals surface area contributed by atoms with Crippen molar-refractivity contribution in [1.29, 1.82) is 0 Å². The van der Waals surface area contributed by atoms with E-state index in [4.69, 9.17) is 13.9 Å². The van der Waals surface area contributed by atoms with Crippen LogP contribution in [0.15, 0.2) is 57.3 Å². The first-order chi connectivity index (χ1) is 12.9. The van der Waals surface area contributed by atoms with Gasteiger partial charge in [0.05, 0.1) is 7.11 Å². The number of allylic oxidation sites excluding steroid dienone is 1. The van der Waals surface area contributed by atoms with Crippen LogP contribution in [0, 0.1) is 0 Å². The molecule has 0 amide bonds. The Labute approximate surface area is 155 Å². The number of phenolic OH excluding ortho intramolecular Hbond substituents is 1. The highest BCUT2D eigenvalue weighted by molar-refractivity contribution is 5.88. The van der Waals surface area contributed by atoms with Crippen LogP contribution in [0.25, 0.3) is 22.3 Å². The van der Waals surface area contributed by atoms with Gasteiger partial charge in [0.2, 0.25) is 11.2 Å². The highest BCUT2D eigenvalue weighted by Gasteiger charge is 2.19. The molecule has 1 heterocycles. The molecule has 0 bridgehead atoms. The van der Waals surface area contributed by atoms with Crippen molar-refractivity contribution in [2.24, 2.45) is 0 Å². The molecule has 6 nitrogen and oxygen atoms in total. The van der Waals surface area contributed by atoms with Crippen molar-refractivity contribution in [2.45, 2.75) is 13.8 Å². The van der Waals surface area contributed by atoms with Gasteiger partial charge in [0, 0.05) is 17.7 Å². The number of methoxy groups -OCH3 is 1. The number of fused-ring (bicyclic) bond motifs is 1. The number of phenols is 1. The first-order valence-electron chi connectivity index (χ1n) is 8.34. The second-order valence-electron chi connectivity index (χ2n) is 6.25. The van der Waals surface area contributed by atoms with Gasteiger partial charge in [-0.15, -0.1) is 0 Å². The number of hydrogen-bond acceptors (Lipinski definition) is 6. The summed E-state index contributed by atoms with van der Waals surface area (Å²) in [6, 6.07) is 9.55. The Morgan fingerprint density at radius 1 is 1.11 bits per heavy atom. The molecule has 0 atom stereocenters. The average molecular weight is 368 g/mol. The quantitative estimate of drug-likeness (QED) is 0.655. The third-order valence-electron chi connectivity index (χ3n) is 4.02. The largest absolute Gasteiger partial charge is 0.507 e. The van der Waals surface area contributed by atoms with Crippen LogP contribution in [0.1, 0.15) is 13.8 Å². The maximum atomic E-state index is 12.5. The van der Waals surface area contributed by atoms with E-state index in [9.17, 15) is 15.0 Å². The first kappa shape index (κ1) is 18.4. The highest BCUT2D eigenvalue weighted by atomic mass is 16.5. The lowest BCUT2D eigenvalue weighted by Crippen LogP contribution is -2.04. The summed E-state index contributed by atoms with van der Waals surface area (Å²) in [5.41, 5.74) is 1.01. The van der Waals surface area contributed by atoms with Crippen LogP contribution in [-0.2, 0) is 0 Å². The Morgan fingerprint density at radius 3 is 2.44 bits per heavy atom. The minimum atomic E-state index is -0.713. The summed E-state index contributed by atoms with van der Waals surface area (Å²) >= 11 is 0. The number of hydrogen-bond donors (Lipinski definition) is 2. The van der Waals surface area contributed by atoms with Crippen molar-refractivity contribution < 1.29 is 24.1 Å². The van der Waals surface area contributed by atoms with Gasteiger partial charge in [-0.1, -0.05) is 5.57 Å². The molecule has 0 radical (unpaired) electrons. The van der Waals surface area contributed by atoms with Crippen LogP contribution in [0.2, 0.25) is 0 Å². The fraction of sp³-hybridized carbons (Fsp3) is 0.190. The van der Waals surface area contributed by atoms with Gasteiger partial charge in [-0.05, 0) is 44.2 Å². The van der Waals surface area contributed by atoms with E-state index >= 15 is 0 Å². The Bertz CT molecular complexity index is 1060. The summed E-state index contributed by atoms with van der Waals surface area (Å²) in [5.74, 6) is 0.114. The van der Waals surface area contributed by atoms with Crippen LogP contribution in [-0.4, -0.2) is 23.9 Å². The SMILES string of the molecule is COc1ccc(-c2oc3cc(OCC=C(C)C)cc(O)c3c(=O)c2O)cc1. The van der Waals surface area contributed by atoms with Gasteiger partial charge in [0.25, 0.3) is 0 Å². The molecule has 3 rings (SSSR count). The molecular weight excluding hydrogens is 348 g/mol. The Kier molecular flexibility index (Phi) is 5.07. The van der Waals surface area contributed by atoms with Crippen LogP contribution >= 0.6 is 0 Å². The highest BCUT2D eigenvalue weighted by Crippen LogP contribution is 2.35. The molecule has 0 saturated heterocycles. The van der Waals surface area contributed by atoms with Crippen LogP contribution in [0.4, 0.5) is 0 Å².